The van der Waals surface area contributed by atoms with Gasteiger partial charge in [0.25, 0.3) is 0 Å². The number of rotatable bonds is 0. The molecule has 0 fully saturated rings. The fraction of sp³-hybridized carbons (Fsp3) is 0. The van der Waals surface area contributed by atoms with E-state index < -0.39 is 0 Å². The quantitative estimate of drug-likeness (QED) is 0.195. The minimum atomic E-state index is 0.709. The average molecular weight is 388 g/mol. The summed E-state index contributed by atoms with van der Waals surface area (Å²) in [4.78, 5) is 0. The van der Waals surface area contributed by atoms with Gasteiger partial charge in [0.2, 0.25) is 0 Å². The van der Waals surface area contributed by atoms with E-state index in [4.69, 9.17) is 22.9 Å². The highest BCUT2D eigenvalue weighted by molar-refractivity contribution is 6.44. The van der Waals surface area contributed by atoms with Crippen molar-refractivity contribution < 1.29 is 0 Å². The smallest absolute Gasteiger partial charge is 0.0400 e. The maximum Gasteiger partial charge on any atom is 0.0400 e. The van der Waals surface area contributed by atoms with E-state index >= 15 is 0 Å². The Hall–Kier alpha value is -4.18. The molecule has 144 valence electrons. The molecule has 0 unspecified atom stereocenters. The summed E-state index contributed by atoms with van der Waals surface area (Å²) in [5.41, 5.74) is 29.1. The molecule has 0 aliphatic heterocycles. The molecule has 0 spiro atoms. The van der Waals surface area contributed by atoms with Crippen LogP contribution in [0, 0.1) is 0 Å². The van der Waals surface area contributed by atoms with Crippen molar-refractivity contribution in [2.24, 2.45) is 0 Å². The monoisotopic (exact) mass is 388 g/mol. The van der Waals surface area contributed by atoms with E-state index in [0.29, 0.717) is 22.7 Å². The van der Waals surface area contributed by atoms with Gasteiger partial charge in [-0.1, -0.05) is 48.5 Å². The van der Waals surface area contributed by atoms with Gasteiger partial charge in [-0.2, -0.15) is 0 Å². The molecule has 0 aliphatic rings. The van der Waals surface area contributed by atoms with Gasteiger partial charge in [0.05, 0.1) is 0 Å². The molecule has 0 bridgehead atoms. The first kappa shape index (κ1) is 16.7. The van der Waals surface area contributed by atoms with E-state index in [2.05, 4.69) is 24.3 Å². The van der Waals surface area contributed by atoms with Gasteiger partial charge in [0, 0.05) is 55.1 Å². The third kappa shape index (κ3) is 1.95. The topological polar surface area (TPSA) is 104 Å². The Kier molecular flexibility index (Phi) is 3.17. The van der Waals surface area contributed by atoms with Crippen LogP contribution in [0.3, 0.4) is 0 Å². The summed E-state index contributed by atoms with van der Waals surface area (Å²) in [7, 11) is 0. The molecule has 0 atom stereocenters. The van der Waals surface area contributed by atoms with Crippen LogP contribution in [0.2, 0.25) is 0 Å². The van der Waals surface area contributed by atoms with Gasteiger partial charge in [0.1, 0.15) is 0 Å². The number of hydrogen-bond donors (Lipinski definition) is 4. The zero-order chi connectivity index (χ0) is 20.6. The van der Waals surface area contributed by atoms with E-state index in [9.17, 15) is 0 Å². The van der Waals surface area contributed by atoms with Crippen LogP contribution in [0.5, 0.6) is 0 Å². The molecular weight excluding hydrogens is 368 g/mol. The van der Waals surface area contributed by atoms with E-state index in [0.717, 1.165) is 53.9 Å². The summed E-state index contributed by atoms with van der Waals surface area (Å²) in [6, 6.07) is 24.0. The molecule has 6 rings (SSSR count). The van der Waals surface area contributed by atoms with Crippen LogP contribution in [0.15, 0.2) is 72.8 Å². The molecule has 8 N–H and O–H groups in total. The lowest BCUT2D eigenvalue weighted by Gasteiger charge is -2.19. The maximum absolute atomic E-state index is 6.57. The molecule has 0 heterocycles. The van der Waals surface area contributed by atoms with Gasteiger partial charge in [-0.3, -0.25) is 0 Å². The molecule has 6 aromatic carbocycles. The van der Waals surface area contributed by atoms with E-state index in [1.807, 2.05) is 48.5 Å². The first-order valence-electron chi connectivity index (χ1n) is 9.88. The molecule has 0 saturated carbocycles. The van der Waals surface area contributed by atoms with Crippen molar-refractivity contribution in [3.8, 4) is 0 Å². The summed E-state index contributed by atoms with van der Waals surface area (Å²) in [6.45, 7) is 0. The molecule has 6 aromatic rings. The van der Waals surface area contributed by atoms with E-state index in [1.54, 1.807) is 0 Å². The maximum atomic E-state index is 6.57. The highest BCUT2D eigenvalue weighted by Crippen LogP contribution is 2.48. The Morgan fingerprint density at radius 1 is 0.300 bits per heavy atom. The van der Waals surface area contributed by atoms with Crippen molar-refractivity contribution in [3.05, 3.63) is 72.8 Å². The predicted octanol–water partition coefficient (Wildman–Crippen LogP) is 5.78. The standard InChI is InChI=1S/C26H20N4/c27-17-9-1-5-13-14-6-2-10-18(28)22(14)26-24-16(8-4-12-20(24)30)15-7-3-11-19(29)23(15)25(26)21(13)17/h1-12H,27-30H2. The van der Waals surface area contributed by atoms with Crippen LogP contribution < -0.4 is 22.9 Å². The fourth-order valence-corrected chi connectivity index (χ4v) is 5.04. The Morgan fingerprint density at radius 3 is 0.767 bits per heavy atom. The zero-order valence-corrected chi connectivity index (χ0v) is 16.2. The molecule has 0 radical (unpaired) electrons. The first-order valence-corrected chi connectivity index (χ1v) is 9.88. The largest absolute Gasteiger partial charge is 0.398 e. The molecule has 0 saturated heterocycles. The van der Waals surface area contributed by atoms with Gasteiger partial charge in [-0.25, -0.2) is 0 Å². The van der Waals surface area contributed by atoms with Gasteiger partial charge < -0.3 is 22.9 Å². The van der Waals surface area contributed by atoms with Crippen LogP contribution in [-0.4, -0.2) is 0 Å². The van der Waals surface area contributed by atoms with Crippen molar-refractivity contribution in [1.82, 2.24) is 0 Å². The fourth-order valence-electron chi connectivity index (χ4n) is 5.04. The second-order valence-corrected chi connectivity index (χ2v) is 7.83. The lowest BCUT2D eigenvalue weighted by Crippen LogP contribution is -1.98. The van der Waals surface area contributed by atoms with Crippen molar-refractivity contribution in [2.45, 2.75) is 0 Å². The summed E-state index contributed by atoms with van der Waals surface area (Å²) in [5, 5.41) is 10.2. The van der Waals surface area contributed by atoms with Gasteiger partial charge >= 0.3 is 0 Å². The molecule has 4 nitrogen and oxygen atoms in total. The number of benzene rings is 6. The van der Waals surface area contributed by atoms with Crippen LogP contribution in [0.4, 0.5) is 22.7 Å². The summed E-state index contributed by atoms with van der Waals surface area (Å²) < 4.78 is 0. The molecule has 0 aromatic heterocycles. The minimum absolute atomic E-state index is 0.709. The first-order chi connectivity index (χ1) is 14.6. The van der Waals surface area contributed by atoms with Gasteiger partial charge in [-0.15, -0.1) is 0 Å². The van der Waals surface area contributed by atoms with E-state index in [1.165, 1.54) is 0 Å². The molecule has 30 heavy (non-hydrogen) atoms. The number of nitrogen functional groups attached to an aromatic ring is 4. The molecule has 0 aliphatic carbocycles. The van der Waals surface area contributed by atoms with Crippen LogP contribution in [0.25, 0.3) is 53.9 Å². The molecule has 0 amide bonds. The zero-order valence-electron chi connectivity index (χ0n) is 16.2. The van der Waals surface area contributed by atoms with Crippen molar-refractivity contribution in [1.29, 1.82) is 0 Å². The Morgan fingerprint density at radius 2 is 0.533 bits per heavy atom. The van der Waals surface area contributed by atoms with Gasteiger partial charge in [0.15, 0.2) is 0 Å². The Labute approximate surface area is 172 Å². The predicted molar refractivity (Wildman–Crippen MR) is 132 cm³/mol. The lowest BCUT2D eigenvalue weighted by atomic mass is 9.85. The second-order valence-electron chi connectivity index (χ2n) is 7.83. The third-order valence-corrected chi connectivity index (χ3v) is 6.22. The van der Waals surface area contributed by atoms with Crippen LogP contribution >= 0.6 is 0 Å². The Bertz CT molecular complexity index is 1430. The molecule has 4 heteroatoms. The normalized spacial score (nSPS) is 11.9. The van der Waals surface area contributed by atoms with Crippen molar-refractivity contribution in [2.75, 3.05) is 22.9 Å². The van der Waals surface area contributed by atoms with Crippen LogP contribution in [0.1, 0.15) is 0 Å². The summed E-state index contributed by atoms with van der Waals surface area (Å²) >= 11 is 0. The number of anilines is 4. The summed E-state index contributed by atoms with van der Waals surface area (Å²) in [5.74, 6) is 0. The van der Waals surface area contributed by atoms with E-state index in [-0.39, 0.29) is 0 Å². The van der Waals surface area contributed by atoms with Crippen molar-refractivity contribution in [3.63, 3.8) is 0 Å². The lowest BCUT2D eigenvalue weighted by molar-refractivity contribution is 1.74. The summed E-state index contributed by atoms with van der Waals surface area (Å²) in [6.07, 6.45) is 0. The number of hydrogen-bond acceptors (Lipinski definition) is 4. The number of nitrogens with two attached hydrogens (primary N) is 4. The SMILES string of the molecule is Nc1cccc2c3cccc(N)c3c3c4c(N)cccc4c4cccc(N)c4c3c12. The van der Waals surface area contributed by atoms with Crippen LogP contribution in [-0.2, 0) is 0 Å². The third-order valence-electron chi connectivity index (χ3n) is 6.22. The van der Waals surface area contributed by atoms with Gasteiger partial charge in [-0.05, 0) is 45.8 Å². The highest BCUT2D eigenvalue weighted by atomic mass is 14.6. The highest BCUT2D eigenvalue weighted by Gasteiger charge is 2.20. The second kappa shape index (κ2) is 5.67. The number of fused-ring (bicyclic) bond motifs is 11. The Balaban J connectivity index is 2.20. The minimum Gasteiger partial charge on any atom is -0.398 e. The van der Waals surface area contributed by atoms with Crippen molar-refractivity contribution >= 4 is 76.6 Å². The molecular formula is C26H20N4. The average Bonchev–Trinajstić information content (AvgIpc) is 2.74.